The second kappa shape index (κ2) is 8.53. The maximum atomic E-state index is 11.9. The molecule has 2 N–H and O–H groups in total. The lowest BCUT2D eigenvalue weighted by molar-refractivity contribution is -0.142. The Bertz CT molecular complexity index is 547. The molecule has 126 valence electrons. The van der Waals surface area contributed by atoms with E-state index >= 15 is 0 Å². The number of carboxylic acid groups (broad SMARTS) is 1. The number of benzene rings is 1. The molecule has 1 saturated heterocycles. The lowest BCUT2D eigenvalue weighted by Gasteiger charge is -2.20. The summed E-state index contributed by atoms with van der Waals surface area (Å²) < 4.78 is 5.61. The van der Waals surface area contributed by atoms with Gasteiger partial charge < -0.3 is 15.2 Å². The fraction of sp³-hybridized carbons (Fsp3) is 0.529. The SMILES string of the molecule is Cc1cccc(OCCCNC(=O)CN2CCC[C@H]2C(=O)O)c1. The van der Waals surface area contributed by atoms with E-state index in [-0.39, 0.29) is 12.5 Å². The van der Waals surface area contributed by atoms with E-state index < -0.39 is 12.0 Å². The van der Waals surface area contributed by atoms with Gasteiger partial charge in [-0.15, -0.1) is 0 Å². The zero-order chi connectivity index (χ0) is 16.7. The lowest BCUT2D eigenvalue weighted by atomic mass is 10.2. The molecule has 0 aromatic heterocycles. The minimum atomic E-state index is -0.846. The van der Waals surface area contributed by atoms with Gasteiger partial charge in [0.05, 0.1) is 13.2 Å². The van der Waals surface area contributed by atoms with Crippen molar-refractivity contribution in [1.29, 1.82) is 0 Å². The molecular formula is C17H24N2O4. The summed E-state index contributed by atoms with van der Waals surface area (Å²) in [6.07, 6.45) is 2.16. The van der Waals surface area contributed by atoms with Crippen molar-refractivity contribution in [3.05, 3.63) is 29.8 Å². The molecule has 0 spiro atoms. The van der Waals surface area contributed by atoms with Crippen LogP contribution in [0.15, 0.2) is 24.3 Å². The highest BCUT2D eigenvalue weighted by Crippen LogP contribution is 2.16. The molecule has 1 aliphatic heterocycles. The predicted molar refractivity (Wildman–Crippen MR) is 86.5 cm³/mol. The first-order valence-electron chi connectivity index (χ1n) is 7.99. The summed E-state index contributed by atoms with van der Waals surface area (Å²) in [5, 5.41) is 11.9. The van der Waals surface area contributed by atoms with Gasteiger partial charge in [-0.25, -0.2) is 0 Å². The first-order chi connectivity index (χ1) is 11.1. The highest BCUT2D eigenvalue weighted by Gasteiger charge is 2.31. The van der Waals surface area contributed by atoms with Gasteiger partial charge in [0.25, 0.3) is 0 Å². The third kappa shape index (κ3) is 5.56. The number of carbonyl (C=O) groups is 2. The van der Waals surface area contributed by atoms with E-state index in [9.17, 15) is 9.59 Å². The summed E-state index contributed by atoms with van der Waals surface area (Å²) in [5.74, 6) is -0.145. The number of ether oxygens (including phenoxy) is 1. The van der Waals surface area contributed by atoms with E-state index in [1.54, 1.807) is 4.90 Å². The number of hydrogen-bond acceptors (Lipinski definition) is 4. The van der Waals surface area contributed by atoms with E-state index in [1.807, 2.05) is 31.2 Å². The number of nitrogens with one attached hydrogen (secondary N) is 1. The van der Waals surface area contributed by atoms with Crippen LogP contribution in [0, 0.1) is 6.92 Å². The van der Waals surface area contributed by atoms with Gasteiger partial charge in [0.2, 0.25) is 5.91 Å². The molecule has 0 saturated carbocycles. The van der Waals surface area contributed by atoms with E-state index in [2.05, 4.69) is 5.32 Å². The molecule has 0 aliphatic carbocycles. The number of likely N-dealkylation sites (tertiary alicyclic amines) is 1. The zero-order valence-corrected chi connectivity index (χ0v) is 13.5. The van der Waals surface area contributed by atoms with Crippen molar-refractivity contribution >= 4 is 11.9 Å². The minimum Gasteiger partial charge on any atom is -0.494 e. The Balaban J connectivity index is 1.60. The molecule has 1 heterocycles. The smallest absolute Gasteiger partial charge is 0.320 e. The second-order valence-corrected chi connectivity index (χ2v) is 5.84. The van der Waals surface area contributed by atoms with Crippen molar-refractivity contribution in [2.75, 3.05) is 26.2 Å². The number of aliphatic carboxylic acids is 1. The van der Waals surface area contributed by atoms with Crippen molar-refractivity contribution in [1.82, 2.24) is 10.2 Å². The Morgan fingerprint density at radius 1 is 1.43 bits per heavy atom. The van der Waals surface area contributed by atoms with Crippen molar-refractivity contribution in [2.45, 2.75) is 32.2 Å². The van der Waals surface area contributed by atoms with Crippen LogP contribution in [0.5, 0.6) is 5.75 Å². The van der Waals surface area contributed by atoms with Gasteiger partial charge in [0.15, 0.2) is 0 Å². The van der Waals surface area contributed by atoms with Gasteiger partial charge in [-0.1, -0.05) is 12.1 Å². The molecule has 1 amide bonds. The normalized spacial score (nSPS) is 17.9. The van der Waals surface area contributed by atoms with E-state index in [0.29, 0.717) is 32.5 Å². The number of rotatable bonds is 8. The molecule has 1 fully saturated rings. The molecule has 0 bridgehead atoms. The molecule has 1 aromatic rings. The van der Waals surface area contributed by atoms with Gasteiger partial charge in [-0.2, -0.15) is 0 Å². The van der Waals surface area contributed by atoms with Gasteiger partial charge in [-0.3, -0.25) is 14.5 Å². The maximum Gasteiger partial charge on any atom is 0.320 e. The number of nitrogens with zero attached hydrogens (tertiary/aromatic N) is 1. The van der Waals surface area contributed by atoms with Crippen LogP contribution in [0.1, 0.15) is 24.8 Å². The summed E-state index contributed by atoms with van der Waals surface area (Å²) in [6.45, 7) is 3.88. The van der Waals surface area contributed by atoms with Gasteiger partial charge >= 0.3 is 5.97 Å². The Morgan fingerprint density at radius 2 is 2.26 bits per heavy atom. The van der Waals surface area contributed by atoms with E-state index in [1.165, 1.54) is 0 Å². The molecule has 2 rings (SSSR count). The standard InChI is InChI=1S/C17H24N2O4/c1-13-5-2-6-14(11-13)23-10-4-8-18-16(20)12-19-9-3-7-15(19)17(21)22/h2,5-6,11,15H,3-4,7-10,12H2,1H3,(H,18,20)(H,21,22)/t15-/m0/s1. The highest BCUT2D eigenvalue weighted by atomic mass is 16.5. The summed E-state index contributed by atoms with van der Waals surface area (Å²) in [5.41, 5.74) is 1.15. The molecule has 6 heteroatoms. The Kier molecular flexibility index (Phi) is 6.40. The molecular weight excluding hydrogens is 296 g/mol. The Hall–Kier alpha value is -2.08. The molecule has 0 unspecified atom stereocenters. The van der Waals surface area contributed by atoms with Crippen LogP contribution in [-0.2, 0) is 9.59 Å². The lowest BCUT2D eigenvalue weighted by Crippen LogP contribution is -2.43. The third-order valence-electron chi connectivity index (χ3n) is 3.90. The first kappa shape index (κ1) is 17.3. The summed E-state index contributed by atoms with van der Waals surface area (Å²) in [7, 11) is 0. The molecule has 1 aromatic carbocycles. The molecule has 6 nitrogen and oxygen atoms in total. The number of carboxylic acids is 1. The van der Waals surface area contributed by atoms with Crippen LogP contribution in [0.2, 0.25) is 0 Å². The number of amides is 1. The van der Waals surface area contributed by atoms with Crippen molar-refractivity contribution in [2.24, 2.45) is 0 Å². The quantitative estimate of drug-likeness (QED) is 0.709. The topological polar surface area (TPSA) is 78.9 Å². The van der Waals surface area contributed by atoms with Crippen LogP contribution in [-0.4, -0.2) is 54.2 Å². The summed E-state index contributed by atoms with van der Waals surface area (Å²) in [4.78, 5) is 24.6. The van der Waals surface area contributed by atoms with Crippen molar-refractivity contribution < 1.29 is 19.4 Å². The fourth-order valence-corrected chi connectivity index (χ4v) is 2.73. The number of hydrogen-bond donors (Lipinski definition) is 2. The minimum absolute atomic E-state index is 0.131. The third-order valence-corrected chi connectivity index (χ3v) is 3.90. The summed E-state index contributed by atoms with van der Waals surface area (Å²) in [6, 6.07) is 7.31. The van der Waals surface area contributed by atoms with Gasteiger partial charge in [0, 0.05) is 6.54 Å². The largest absolute Gasteiger partial charge is 0.494 e. The highest BCUT2D eigenvalue weighted by molar-refractivity contribution is 5.80. The first-order valence-corrected chi connectivity index (χ1v) is 7.99. The Morgan fingerprint density at radius 3 is 3.00 bits per heavy atom. The molecule has 0 radical (unpaired) electrons. The average Bonchev–Trinajstić information content (AvgIpc) is 2.95. The van der Waals surface area contributed by atoms with Crippen molar-refractivity contribution in [3.8, 4) is 5.75 Å². The number of aryl methyl sites for hydroxylation is 1. The van der Waals surface area contributed by atoms with Crippen LogP contribution in [0.4, 0.5) is 0 Å². The van der Waals surface area contributed by atoms with E-state index in [0.717, 1.165) is 17.7 Å². The monoisotopic (exact) mass is 320 g/mol. The van der Waals surface area contributed by atoms with Gasteiger partial charge in [0.1, 0.15) is 11.8 Å². The molecule has 23 heavy (non-hydrogen) atoms. The molecule has 1 atom stereocenters. The maximum absolute atomic E-state index is 11.9. The number of carbonyl (C=O) groups excluding carboxylic acids is 1. The predicted octanol–water partition coefficient (Wildman–Crippen LogP) is 1.43. The van der Waals surface area contributed by atoms with Crippen LogP contribution < -0.4 is 10.1 Å². The Labute approximate surface area is 136 Å². The van der Waals surface area contributed by atoms with Crippen molar-refractivity contribution in [3.63, 3.8) is 0 Å². The average molecular weight is 320 g/mol. The fourth-order valence-electron chi connectivity index (χ4n) is 2.73. The van der Waals surface area contributed by atoms with Crippen LogP contribution in [0.25, 0.3) is 0 Å². The van der Waals surface area contributed by atoms with Crippen LogP contribution in [0.3, 0.4) is 0 Å². The van der Waals surface area contributed by atoms with Crippen LogP contribution >= 0.6 is 0 Å². The summed E-state index contributed by atoms with van der Waals surface area (Å²) >= 11 is 0. The van der Waals surface area contributed by atoms with Gasteiger partial charge in [-0.05, 0) is 50.4 Å². The second-order valence-electron chi connectivity index (χ2n) is 5.84. The molecule has 1 aliphatic rings. The van der Waals surface area contributed by atoms with E-state index in [4.69, 9.17) is 9.84 Å². The zero-order valence-electron chi connectivity index (χ0n) is 13.5.